The van der Waals surface area contributed by atoms with Crippen LogP contribution in [0.2, 0.25) is 0 Å². The van der Waals surface area contributed by atoms with Crippen LogP contribution < -0.4 is 18.9 Å². The molecule has 0 spiro atoms. The van der Waals surface area contributed by atoms with E-state index in [1.807, 2.05) is 0 Å². The van der Waals surface area contributed by atoms with Crippen LogP contribution in [0.25, 0.3) is 6.08 Å². The number of hydrogen-bond donors (Lipinski definition) is 1. The fourth-order valence-corrected chi connectivity index (χ4v) is 4.34. The molecular weight excluding hydrogens is 476 g/mol. The Morgan fingerprint density at radius 1 is 1.00 bits per heavy atom. The summed E-state index contributed by atoms with van der Waals surface area (Å²) in [5, 5.41) is 11.1. The van der Waals surface area contributed by atoms with E-state index < -0.39 is 28.7 Å². The monoisotopic (exact) mass is 506 g/mol. The Labute approximate surface area is 207 Å². The highest BCUT2D eigenvalue weighted by molar-refractivity contribution is 7.93. The second-order valence-electron chi connectivity index (χ2n) is 7.73. The number of methoxy groups -OCH3 is 4. The molecule has 2 unspecified atom stereocenters. The second kappa shape index (κ2) is 12.4. The lowest BCUT2D eigenvalue weighted by Crippen LogP contribution is -2.42. The van der Waals surface area contributed by atoms with Gasteiger partial charge in [0.2, 0.25) is 5.60 Å². The molecule has 190 valence electrons. The van der Waals surface area contributed by atoms with Gasteiger partial charge >= 0.3 is 11.9 Å². The van der Waals surface area contributed by atoms with Crippen molar-refractivity contribution in [1.29, 1.82) is 0 Å². The summed E-state index contributed by atoms with van der Waals surface area (Å²) in [4.78, 5) is 23.2. The summed E-state index contributed by atoms with van der Waals surface area (Å²) in [7, 11) is 6.02. The van der Waals surface area contributed by atoms with E-state index in [1.54, 1.807) is 36.4 Å². The summed E-state index contributed by atoms with van der Waals surface area (Å²) >= 11 is -1.42. The molecule has 0 radical (unpaired) electrons. The molecular formula is C25H30O9S. The lowest BCUT2D eigenvalue weighted by atomic mass is 9.94. The van der Waals surface area contributed by atoms with E-state index in [-0.39, 0.29) is 12.2 Å². The van der Waals surface area contributed by atoms with Crippen molar-refractivity contribution in [1.82, 2.24) is 0 Å². The van der Waals surface area contributed by atoms with Crippen molar-refractivity contribution >= 4 is 29.2 Å². The molecule has 0 saturated heterocycles. The van der Waals surface area contributed by atoms with Gasteiger partial charge in [-0.15, -0.1) is 0 Å². The molecule has 0 fully saturated rings. The number of carboxylic acids is 1. The zero-order chi connectivity index (χ0) is 26.2. The summed E-state index contributed by atoms with van der Waals surface area (Å²) in [6.45, 7) is 2.47. The standard InChI is InChI=1S/C25H30O9S/c1-16(26)34-25(2,24(27)28)14-18-11-17(7-8-21(18)31-4)15-35(29)10-9-20-22(32-5)12-19(30-3)13-23(20)33-6/h7-13H,14-15H2,1-6H3,(H,27,28)/b10-9+. The van der Waals surface area contributed by atoms with E-state index >= 15 is 0 Å². The molecule has 2 rings (SSSR count). The Hall–Kier alpha value is -3.37. The third-order valence-electron chi connectivity index (χ3n) is 5.14. The number of ether oxygens (including phenoxy) is 5. The molecule has 0 bridgehead atoms. The van der Waals surface area contributed by atoms with Gasteiger partial charge in [0, 0.05) is 37.1 Å². The number of hydrogen-bond acceptors (Lipinski definition) is 8. The van der Waals surface area contributed by atoms with Gasteiger partial charge in [-0.3, -0.25) is 4.79 Å². The summed E-state index contributed by atoms with van der Waals surface area (Å²) in [6, 6.07) is 8.50. The predicted octanol–water partition coefficient (Wildman–Crippen LogP) is 3.59. The van der Waals surface area contributed by atoms with Crippen LogP contribution >= 0.6 is 0 Å². The Morgan fingerprint density at radius 3 is 2.09 bits per heavy atom. The highest BCUT2D eigenvalue weighted by Gasteiger charge is 2.38. The zero-order valence-electron chi connectivity index (χ0n) is 20.6. The van der Waals surface area contributed by atoms with Crippen molar-refractivity contribution < 1.29 is 42.9 Å². The van der Waals surface area contributed by atoms with Crippen LogP contribution in [0.4, 0.5) is 0 Å². The van der Waals surface area contributed by atoms with Gasteiger partial charge in [0.15, 0.2) is 0 Å². The summed E-state index contributed by atoms with van der Waals surface area (Å²) in [5.41, 5.74) is 0.0277. The Bertz CT molecular complexity index is 1060. The SMILES string of the molecule is COc1cc(OC)c(/C=C/[S+]([O-])Cc2ccc(OC)c(CC(C)(OC(C)=O)C(=O)O)c2)c(OC)c1. The Balaban J connectivity index is 2.29. The van der Waals surface area contributed by atoms with Gasteiger partial charge in [-0.25, -0.2) is 4.79 Å². The molecule has 2 atom stereocenters. The predicted molar refractivity (Wildman–Crippen MR) is 131 cm³/mol. The lowest BCUT2D eigenvalue weighted by molar-refractivity contribution is -0.175. The first-order chi connectivity index (χ1) is 16.6. The maximum Gasteiger partial charge on any atom is 0.348 e. The molecule has 0 aromatic heterocycles. The summed E-state index contributed by atoms with van der Waals surface area (Å²) in [5.74, 6) is 0.159. The molecule has 0 amide bonds. The van der Waals surface area contributed by atoms with Crippen molar-refractivity contribution in [2.24, 2.45) is 0 Å². The number of carboxylic acid groups (broad SMARTS) is 1. The van der Waals surface area contributed by atoms with Crippen LogP contribution in [0.3, 0.4) is 0 Å². The third-order valence-corrected chi connectivity index (χ3v) is 6.20. The molecule has 2 aromatic carbocycles. The van der Waals surface area contributed by atoms with Crippen molar-refractivity contribution in [2.75, 3.05) is 28.4 Å². The smallest absolute Gasteiger partial charge is 0.348 e. The minimum absolute atomic E-state index is 0.123. The molecule has 0 heterocycles. The van der Waals surface area contributed by atoms with Crippen molar-refractivity contribution in [2.45, 2.75) is 31.6 Å². The highest BCUT2D eigenvalue weighted by Crippen LogP contribution is 2.35. The zero-order valence-corrected chi connectivity index (χ0v) is 21.4. The van der Waals surface area contributed by atoms with E-state index in [0.29, 0.717) is 39.7 Å². The molecule has 0 saturated carbocycles. The second-order valence-corrected chi connectivity index (χ2v) is 9.05. The summed E-state index contributed by atoms with van der Waals surface area (Å²) in [6.07, 6.45) is 1.53. The first-order valence-electron chi connectivity index (χ1n) is 10.5. The van der Waals surface area contributed by atoms with Crippen LogP contribution in [0.1, 0.15) is 30.5 Å². The Kier molecular flexibility index (Phi) is 9.85. The van der Waals surface area contributed by atoms with Crippen molar-refractivity contribution in [3.63, 3.8) is 0 Å². The largest absolute Gasteiger partial charge is 0.612 e. The molecule has 1 N–H and O–H groups in total. The molecule has 0 aliphatic carbocycles. The first kappa shape index (κ1) is 27.9. The molecule has 0 aliphatic heterocycles. The van der Waals surface area contributed by atoms with Gasteiger partial charge in [-0.2, -0.15) is 0 Å². The fourth-order valence-electron chi connectivity index (χ4n) is 3.45. The van der Waals surface area contributed by atoms with E-state index in [2.05, 4.69) is 0 Å². The molecule has 10 heteroatoms. The van der Waals surface area contributed by atoms with Crippen LogP contribution in [0.5, 0.6) is 23.0 Å². The number of rotatable bonds is 12. The van der Waals surface area contributed by atoms with Gasteiger partial charge in [-0.1, -0.05) is 6.07 Å². The van der Waals surface area contributed by atoms with Crippen molar-refractivity contribution in [3.8, 4) is 23.0 Å². The quantitative estimate of drug-likeness (QED) is 0.340. The third kappa shape index (κ3) is 7.30. The van der Waals surface area contributed by atoms with E-state index in [9.17, 15) is 19.2 Å². The topological polar surface area (TPSA) is 124 Å². The molecule has 2 aromatic rings. The van der Waals surface area contributed by atoms with Gasteiger partial charge < -0.3 is 33.3 Å². The maximum atomic E-state index is 12.8. The number of benzene rings is 2. The Morgan fingerprint density at radius 2 is 1.60 bits per heavy atom. The van der Waals surface area contributed by atoms with E-state index in [1.165, 1.54) is 40.8 Å². The number of carbonyl (C=O) groups is 2. The maximum absolute atomic E-state index is 12.8. The van der Waals surface area contributed by atoms with Crippen LogP contribution in [-0.2, 0) is 37.7 Å². The molecule has 0 aliphatic rings. The van der Waals surface area contributed by atoms with Gasteiger partial charge in [-0.05, 0) is 35.8 Å². The average Bonchev–Trinajstić information content (AvgIpc) is 2.81. The van der Waals surface area contributed by atoms with Gasteiger partial charge in [0.1, 0.15) is 34.2 Å². The van der Waals surface area contributed by atoms with Gasteiger partial charge in [0.25, 0.3) is 0 Å². The lowest BCUT2D eigenvalue weighted by Gasteiger charge is -2.25. The first-order valence-corrected chi connectivity index (χ1v) is 11.9. The van der Waals surface area contributed by atoms with Crippen molar-refractivity contribution in [3.05, 3.63) is 52.4 Å². The number of esters is 1. The van der Waals surface area contributed by atoms with E-state index in [0.717, 1.165) is 6.92 Å². The van der Waals surface area contributed by atoms with Crippen LogP contribution in [-0.4, -0.2) is 55.6 Å². The summed E-state index contributed by atoms with van der Waals surface area (Å²) < 4.78 is 39.3. The highest BCUT2D eigenvalue weighted by atomic mass is 32.2. The van der Waals surface area contributed by atoms with Crippen LogP contribution in [0.15, 0.2) is 35.7 Å². The number of carbonyl (C=O) groups excluding carboxylic acids is 1. The van der Waals surface area contributed by atoms with E-state index in [4.69, 9.17) is 23.7 Å². The van der Waals surface area contributed by atoms with Gasteiger partial charge in [0.05, 0.1) is 34.0 Å². The molecule has 35 heavy (non-hydrogen) atoms. The minimum Gasteiger partial charge on any atom is -0.612 e. The fraction of sp³-hybridized carbons (Fsp3) is 0.360. The minimum atomic E-state index is -1.78. The molecule has 9 nitrogen and oxygen atoms in total. The average molecular weight is 507 g/mol. The number of aliphatic carboxylic acids is 1. The normalized spacial score (nSPS) is 13.6. The van der Waals surface area contributed by atoms with Crippen LogP contribution in [0, 0.1) is 0 Å².